The molecule has 132 valence electrons. The smallest absolute Gasteiger partial charge is 0.191 e. The summed E-state index contributed by atoms with van der Waals surface area (Å²) in [6, 6.07) is 10.5. The van der Waals surface area contributed by atoms with Crippen molar-refractivity contribution in [1.29, 1.82) is 0 Å². The van der Waals surface area contributed by atoms with Crippen molar-refractivity contribution in [1.82, 2.24) is 20.6 Å². The van der Waals surface area contributed by atoms with Crippen molar-refractivity contribution in [3.63, 3.8) is 0 Å². The Hall–Kier alpha value is -2.63. The van der Waals surface area contributed by atoms with Gasteiger partial charge in [0.25, 0.3) is 0 Å². The van der Waals surface area contributed by atoms with E-state index >= 15 is 0 Å². The van der Waals surface area contributed by atoms with Crippen LogP contribution in [0, 0.1) is 6.92 Å². The van der Waals surface area contributed by atoms with Crippen LogP contribution >= 0.6 is 0 Å². The minimum Gasteiger partial charge on any atom is -0.356 e. The zero-order chi connectivity index (χ0) is 17.5. The van der Waals surface area contributed by atoms with Crippen molar-refractivity contribution in [3.8, 4) is 0 Å². The summed E-state index contributed by atoms with van der Waals surface area (Å²) in [5.41, 5.74) is 2.24. The number of anilines is 1. The van der Waals surface area contributed by atoms with Gasteiger partial charge >= 0.3 is 0 Å². The molecule has 0 amide bonds. The highest BCUT2D eigenvalue weighted by molar-refractivity contribution is 5.80. The first-order valence-electron chi connectivity index (χ1n) is 8.80. The van der Waals surface area contributed by atoms with Gasteiger partial charge in [-0.15, -0.1) is 0 Å². The molecule has 1 saturated heterocycles. The van der Waals surface area contributed by atoms with Crippen LogP contribution in [0.3, 0.4) is 0 Å². The first-order chi connectivity index (χ1) is 12.3. The molecule has 1 aliphatic heterocycles. The second kappa shape index (κ2) is 8.46. The molecule has 6 heteroatoms. The van der Waals surface area contributed by atoms with Crippen LogP contribution in [-0.4, -0.2) is 42.1 Å². The minimum atomic E-state index is 0.427. The van der Waals surface area contributed by atoms with Crippen LogP contribution in [-0.2, 0) is 6.54 Å². The second-order valence-corrected chi connectivity index (χ2v) is 6.29. The Morgan fingerprint density at radius 1 is 1.16 bits per heavy atom. The molecule has 0 aromatic carbocycles. The number of nitrogens with one attached hydrogen (secondary N) is 2. The topological polar surface area (TPSA) is 65.4 Å². The maximum atomic E-state index is 4.44. The summed E-state index contributed by atoms with van der Waals surface area (Å²) in [4.78, 5) is 15.5. The lowest BCUT2D eigenvalue weighted by Gasteiger charge is -2.33. The number of hydrogen-bond acceptors (Lipinski definition) is 4. The van der Waals surface area contributed by atoms with Gasteiger partial charge < -0.3 is 15.5 Å². The number of aryl methyl sites for hydroxylation is 1. The van der Waals surface area contributed by atoms with Crippen LogP contribution in [0.4, 0.5) is 5.82 Å². The van der Waals surface area contributed by atoms with Crippen molar-refractivity contribution in [3.05, 3.63) is 54.0 Å². The zero-order valence-corrected chi connectivity index (χ0v) is 14.9. The van der Waals surface area contributed by atoms with E-state index in [0.717, 1.165) is 43.4 Å². The van der Waals surface area contributed by atoms with Crippen molar-refractivity contribution in [2.24, 2.45) is 4.99 Å². The third kappa shape index (κ3) is 4.68. The Morgan fingerprint density at radius 2 is 1.96 bits per heavy atom. The predicted molar refractivity (Wildman–Crippen MR) is 102 cm³/mol. The fourth-order valence-corrected chi connectivity index (χ4v) is 3.05. The zero-order valence-electron chi connectivity index (χ0n) is 14.9. The molecule has 1 aliphatic rings. The Balaban J connectivity index is 1.48. The standard InChI is InChI=1S/C19H26N6/c1-15-6-5-11-21-17(15)14-23-19(20-2)24-16-8-12-25(13-9-16)18-7-3-4-10-22-18/h3-7,10-11,16H,8-9,12-14H2,1-2H3,(H2,20,23,24). The summed E-state index contributed by atoms with van der Waals surface area (Å²) >= 11 is 0. The van der Waals surface area contributed by atoms with E-state index in [1.54, 1.807) is 0 Å². The number of piperidine rings is 1. The van der Waals surface area contributed by atoms with Gasteiger partial charge in [-0.2, -0.15) is 0 Å². The van der Waals surface area contributed by atoms with Gasteiger partial charge in [0.2, 0.25) is 0 Å². The van der Waals surface area contributed by atoms with Crippen LogP contribution in [0.15, 0.2) is 47.7 Å². The number of hydrogen-bond donors (Lipinski definition) is 2. The van der Waals surface area contributed by atoms with Gasteiger partial charge in [-0.05, 0) is 43.5 Å². The van der Waals surface area contributed by atoms with E-state index in [9.17, 15) is 0 Å². The molecule has 25 heavy (non-hydrogen) atoms. The summed E-state index contributed by atoms with van der Waals surface area (Å²) in [7, 11) is 1.81. The van der Waals surface area contributed by atoms with Crippen molar-refractivity contribution in [2.45, 2.75) is 32.4 Å². The molecule has 3 rings (SSSR count). The van der Waals surface area contributed by atoms with E-state index in [4.69, 9.17) is 0 Å². The summed E-state index contributed by atoms with van der Waals surface area (Å²) in [6.07, 6.45) is 5.82. The molecule has 0 spiro atoms. The molecular formula is C19H26N6. The van der Waals surface area contributed by atoms with Gasteiger partial charge in [-0.1, -0.05) is 12.1 Å². The monoisotopic (exact) mass is 338 g/mol. The number of aromatic nitrogens is 2. The maximum Gasteiger partial charge on any atom is 0.191 e. The summed E-state index contributed by atoms with van der Waals surface area (Å²) in [5.74, 6) is 1.90. The van der Waals surface area contributed by atoms with E-state index < -0.39 is 0 Å². The normalized spacial score (nSPS) is 15.9. The van der Waals surface area contributed by atoms with E-state index in [1.807, 2.05) is 37.6 Å². The summed E-state index contributed by atoms with van der Waals surface area (Å²) in [6.45, 7) is 4.77. The van der Waals surface area contributed by atoms with Crippen molar-refractivity contribution < 1.29 is 0 Å². The number of nitrogens with zero attached hydrogens (tertiary/aromatic N) is 4. The quantitative estimate of drug-likeness (QED) is 0.660. The van der Waals surface area contributed by atoms with Crippen LogP contribution in [0.2, 0.25) is 0 Å². The second-order valence-electron chi connectivity index (χ2n) is 6.29. The SMILES string of the molecule is CN=C(NCc1ncccc1C)NC1CCN(c2ccccn2)CC1. The first kappa shape index (κ1) is 17.2. The maximum absolute atomic E-state index is 4.44. The fraction of sp³-hybridized carbons (Fsp3) is 0.421. The molecule has 0 saturated carbocycles. The van der Waals surface area contributed by atoms with E-state index in [0.29, 0.717) is 12.6 Å². The van der Waals surface area contributed by atoms with E-state index in [-0.39, 0.29) is 0 Å². The largest absolute Gasteiger partial charge is 0.356 e. The van der Waals surface area contributed by atoms with Gasteiger partial charge in [0.15, 0.2) is 5.96 Å². The van der Waals surface area contributed by atoms with Gasteiger partial charge in [0.1, 0.15) is 5.82 Å². The lowest BCUT2D eigenvalue weighted by atomic mass is 10.1. The molecule has 2 aromatic rings. The highest BCUT2D eigenvalue weighted by Crippen LogP contribution is 2.17. The molecule has 0 aliphatic carbocycles. The van der Waals surface area contributed by atoms with E-state index in [1.165, 1.54) is 5.56 Å². The molecule has 1 fully saturated rings. The molecular weight excluding hydrogens is 312 g/mol. The lowest BCUT2D eigenvalue weighted by Crippen LogP contribution is -2.48. The Kier molecular flexibility index (Phi) is 5.82. The Bertz CT molecular complexity index is 692. The molecule has 0 bridgehead atoms. The average molecular weight is 338 g/mol. The third-order valence-electron chi connectivity index (χ3n) is 4.57. The molecule has 3 heterocycles. The minimum absolute atomic E-state index is 0.427. The van der Waals surface area contributed by atoms with Crippen LogP contribution in [0.5, 0.6) is 0 Å². The third-order valence-corrected chi connectivity index (χ3v) is 4.57. The average Bonchev–Trinajstić information content (AvgIpc) is 2.67. The molecule has 0 unspecified atom stereocenters. The number of pyridine rings is 2. The van der Waals surface area contributed by atoms with Crippen molar-refractivity contribution in [2.75, 3.05) is 25.0 Å². The number of guanidine groups is 1. The molecule has 0 atom stereocenters. The molecule has 6 nitrogen and oxygen atoms in total. The lowest BCUT2D eigenvalue weighted by molar-refractivity contribution is 0.459. The highest BCUT2D eigenvalue weighted by Gasteiger charge is 2.20. The van der Waals surface area contributed by atoms with Crippen LogP contribution in [0.1, 0.15) is 24.1 Å². The van der Waals surface area contributed by atoms with Gasteiger partial charge in [-0.3, -0.25) is 9.98 Å². The van der Waals surface area contributed by atoms with Gasteiger partial charge in [0, 0.05) is 38.6 Å². The highest BCUT2D eigenvalue weighted by atomic mass is 15.2. The molecule has 0 radical (unpaired) electrons. The molecule has 2 aromatic heterocycles. The first-order valence-corrected chi connectivity index (χ1v) is 8.80. The fourth-order valence-electron chi connectivity index (χ4n) is 3.05. The predicted octanol–water partition coefficient (Wildman–Crippen LogP) is 2.12. The number of aliphatic imine (C=N–C) groups is 1. The summed E-state index contributed by atoms with van der Waals surface area (Å²) < 4.78 is 0. The van der Waals surface area contributed by atoms with Gasteiger partial charge in [0.05, 0.1) is 12.2 Å². The van der Waals surface area contributed by atoms with Crippen molar-refractivity contribution >= 4 is 11.8 Å². The summed E-state index contributed by atoms with van der Waals surface area (Å²) in [5, 5.41) is 6.90. The Labute approximate surface area is 149 Å². The van der Waals surface area contributed by atoms with Crippen LogP contribution in [0.25, 0.3) is 0 Å². The van der Waals surface area contributed by atoms with Gasteiger partial charge in [-0.25, -0.2) is 4.98 Å². The van der Waals surface area contributed by atoms with Crippen LogP contribution < -0.4 is 15.5 Å². The Morgan fingerprint density at radius 3 is 2.64 bits per heavy atom. The molecule has 2 N–H and O–H groups in total. The number of rotatable bonds is 4. The van der Waals surface area contributed by atoms with E-state index in [2.05, 4.69) is 49.6 Å².